The number of amides is 1. The number of unbranched alkanes of at least 4 members (excludes halogenated alkanes) is 7. The van der Waals surface area contributed by atoms with Crippen LogP contribution in [-0.4, -0.2) is 28.5 Å². The Bertz CT molecular complexity index is 1130. The van der Waals surface area contributed by atoms with E-state index >= 15 is 0 Å². The molecule has 1 aromatic heterocycles. The molecule has 0 bridgehead atoms. The molecule has 0 saturated carbocycles. The SMILES string of the molecule is CCCCCCCCCCOc1ccc(C(=O)N/N=C\c2c(C)[nH]n(-c3ccccc3)c2=O)cc1. The van der Waals surface area contributed by atoms with Crippen LogP contribution in [-0.2, 0) is 0 Å². The number of aromatic amines is 1. The van der Waals surface area contributed by atoms with Crippen LogP contribution < -0.4 is 15.7 Å². The number of hydrogen-bond donors (Lipinski definition) is 2. The number of carbonyl (C=O) groups excluding carboxylic acids is 1. The van der Waals surface area contributed by atoms with E-state index < -0.39 is 0 Å². The number of benzene rings is 2. The summed E-state index contributed by atoms with van der Waals surface area (Å²) in [7, 11) is 0. The zero-order valence-corrected chi connectivity index (χ0v) is 20.8. The van der Waals surface area contributed by atoms with E-state index in [1.165, 1.54) is 55.8 Å². The lowest BCUT2D eigenvalue weighted by Gasteiger charge is -2.07. The molecule has 0 spiro atoms. The third-order valence-electron chi connectivity index (χ3n) is 5.87. The van der Waals surface area contributed by atoms with Gasteiger partial charge in [0.05, 0.1) is 24.1 Å². The normalized spacial score (nSPS) is 11.1. The topological polar surface area (TPSA) is 88.5 Å². The molecule has 0 radical (unpaired) electrons. The van der Waals surface area contributed by atoms with E-state index in [0.717, 1.165) is 17.9 Å². The summed E-state index contributed by atoms with van der Waals surface area (Å²) < 4.78 is 7.24. The van der Waals surface area contributed by atoms with E-state index in [0.29, 0.717) is 23.4 Å². The van der Waals surface area contributed by atoms with E-state index in [9.17, 15) is 9.59 Å². The molecule has 7 heteroatoms. The summed E-state index contributed by atoms with van der Waals surface area (Å²) in [6.07, 6.45) is 11.5. The van der Waals surface area contributed by atoms with Gasteiger partial charge in [0, 0.05) is 11.3 Å². The zero-order chi connectivity index (χ0) is 24.9. The maximum atomic E-state index is 12.7. The Morgan fingerprint density at radius 3 is 2.31 bits per heavy atom. The third-order valence-corrected chi connectivity index (χ3v) is 5.87. The molecule has 186 valence electrons. The van der Waals surface area contributed by atoms with Crippen molar-refractivity contribution < 1.29 is 9.53 Å². The van der Waals surface area contributed by atoms with Gasteiger partial charge >= 0.3 is 0 Å². The summed E-state index contributed by atoms with van der Waals surface area (Å²) in [5, 5.41) is 7.01. The van der Waals surface area contributed by atoms with Gasteiger partial charge in [0.1, 0.15) is 5.75 Å². The Morgan fingerprint density at radius 1 is 0.971 bits per heavy atom. The zero-order valence-electron chi connectivity index (χ0n) is 20.8. The highest BCUT2D eigenvalue weighted by atomic mass is 16.5. The van der Waals surface area contributed by atoms with Crippen LogP contribution in [0, 0.1) is 6.92 Å². The molecule has 0 fully saturated rings. The number of aryl methyl sites for hydroxylation is 1. The van der Waals surface area contributed by atoms with Gasteiger partial charge in [-0.15, -0.1) is 0 Å². The molecule has 0 unspecified atom stereocenters. The molecule has 0 saturated heterocycles. The summed E-state index contributed by atoms with van der Waals surface area (Å²) in [4.78, 5) is 25.1. The highest BCUT2D eigenvalue weighted by molar-refractivity contribution is 5.95. The fraction of sp³-hybridized carbons (Fsp3) is 0.393. The predicted octanol–water partition coefficient (Wildman–Crippen LogP) is 5.76. The second-order valence-electron chi connectivity index (χ2n) is 8.67. The van der Waals surface area contributed by atoms with Crippen molar-refractivity contribution in [3.05, 3.63) is 81.8 Å². The second-order valence-corrected chi connectivity index (χ2v) is 8.67. The van der Waals surface area contributed by atoms with Gasteiger partial charge in [0.25, 0.3) is 11.5 Å². The third kappa shape index (κ3) is 7.98. The van der Waals surface area contributed by atoms with Crippen LogP contribution in [0.2, 0.25) is 0 Å². The number of aromatic nitrogens is 2. The van der Waals surface area contributed by atoms with E-state index in [1.54, 1.807) is 31.2 Å². The molecule has 0 atom stereocenters. The first-order valence-corrected chi connectivity index (χ1v) is 12.5. The summed E-state index contributed by atoms with van der Waals surface area (Å²) in [5.74, 6) is 0.393. The maximum Gasteiger partial charge on any atom is 0.280 e. The van der Waals surface area contributed by atoms with Gasteiger partial charge in [0.15, 0.2) is 0 Å². The van der Waals surface area contributed by atoms with Crippen LogP contribution >= 0.6 is 0 Å². The summed E-state index contributed by atoms with van der Waals surface area (Å²) in [6.45, 7) is 4.71. The van der Waals surface area contributed by atoms with Crippen LogP contribution in [0.4, 0.5) is 0 Å². The Kier molecular flexibility index (Phi) is 10.4. The minimum atomic E-state index is -0.354. The van der Waals surface area contributed by atoms with Crippen LogP contribution in [0.5, 0.6) is 5.75 Å². The van der Waals surface area contributed by atoms with Crippen molar-refractivity contribution >= 4 is 12.1 Å². The molecule has 0 aliphatic heterocycles. The van der Waals surface area contributed by atoms with Crippen molar-refractivity contribution in [1.29, 1.82) is 0 Å². The number of carbonyl (C=O) groups is 1. The molecule has 2 N–H and O–H groups in total. The minimum absolute atomic E-state index is 0.232. The molecule has 1 heterocycles. The smallest absolute Gasteiger partial charge is 0.280 e. The molecule has 2 aromatic carbocycles. The fourth-order valence-corrected chi connectivity index (χ4v) is 3.82. The maximum absolute atomic E-state index is 12.7. The molecular weight excluding hydrogens is 440 g/mol. The van der Waals surface area contributed by atoms with Gasteiger partial charge in [-0.2, -0.15) is 5.10 Å². The van der Waals surface area contributed by atoms with E-state index in [4.69, 9.17) is 4.74 Å². The quantitative estimate of drug-likeness (QED) is 0.176. The predicted molar refractivity (Wildman–Crippen MR) is 141 cm³/mol. The summed E-state index contributed by atoms with van der Waals surface area (Å²) in [5.41, 5.74) is 4.50. The van der Waals surface area contributed by atoms with Crippen LogP contribution in [0.15, 0.2) is 64.5 Å². The number of hydrogen-bond acceptors (Lipinski definition) is 4. The largest absolute Gasteiger partial charge is 0.494 e. The Labute approximate surface area is 207 Å². The number of H-pyrrole nitrogens is 1. The fourth-order valence-electron chi connectivity index (χ4n) is 3.82. The van der Waals surface area contributed by atoms with Gasteiger partial charge < -0.3 is 4.74 Å². The van der Waals surface area contributed by atoms with Crippen LogP contribution in [0.25, 0.3) is 5.69 Å². The molecule has 3 aromatic rings. The summed E-state index contributed by atoms with van der Waals surface area (Å²) >= 11 is 0. The first-order chi connectivity index (χ1) is 17.1. The number of rotatable bonds is 14. The van der Waals surface area contributed by atoms with Gasteiger partial charge in [0.2, 0.25) is 0 Å². The number of nitrogens with one attached hydrogen (secondary N) is 2. The molecule has 3 rings (SSSR count). The van der Waals surface area contributed by atoms with Crippen molar-refractivity contribution in [3.8, 4) is 11.4 Å². The van der Waals surface area contributed by atoms with Crippen molar-refractivity contribution in [2.24, 2.45) is 5.10 Å². The van der Waals surface area contributed by atoms with Gasteiger partial charge in [-0.05, 0) is 49.7 Å². The molecular formula is C28H36N4O3. The highest BCUT2D eigenvalue weighted by Crippen LogP contribution is 2.14. The molecule has 7 nitrogen and oxygen atoms in total. The standard InChI is InChI=1S/C28H36N4O3/c1-3-4-5-6-7-8-9-13-20-35-25-18-16-23(17-19-25)27(33)30-29-21-26-22(2)31-32(28(26)34)24-14-11-10-12-15-24/h10-12,14-19,21,31H,3-9,13,20H2,1-2H3,(H,30,33)/b29-21-. The molecule has 0 aliphatic rings. The van der Waals surface area contributed by atoms with Crippen LogP contribution in [0.3, 0.4) is 0 Å². The number of nitrogens with zero attached hydrogens (tertiary/aromatic N) is 2. The van der Waals surface area contributed by atoms with Crippen molar-refractivity contribution in [3.63, 3.8) is 0 Å². The number of ether oxygens (including phenoxy) is 1. The van der Waals surface area contributed by atoms with Gasteiger partial charge in [-0.1, -0.05) is 70.1 Å². The van der Waals surface area contributed by atoms with Crippen LogP contribution in [0.1, 0.15) is 79.9 Å². The minimum Gasteiger partial charge on any atom is -0.494 e. The average molecular weight is 477 g/mol. The van der Waals surface area contributed by atoms with Gasteiger partial charge in [-0.3, -0.25) is 14.7 Å². The first-order valence-electron chi connectivity index (χ1n) is 12.5. The number of hydrazone groups is 1. The molecule has 0 aliphatic carbocycles. The van der Waals surface area contributed by atoms with Crippen molar-refractivity contribution in [2.45, 2.75) is 65.2 Å². The lowest BCUT2D eigenvalue weighted by atomic mass is 10.1. The number of para-hydroxylation sites is 1. The first kappa shape index (κ1) is 26.0. The lowest BCUT2D eigenvalue weighted by Crippen LogP contribution is -2.20. The van der Waals surface area contributed by atoms with Crippen molar-refractivity contribution in [1.82, 2.24) is 15.2 Å². The average Bonchev–Trinajstić information content (AvgIpc) is 3.17. The second kappa shape index (κ2) is 13.9. The van der Waals surface area contributed by atoms with Gasteiger partial charge in [-0.25, -0.2) is 10.1 Å². The van der Waals surface area contributed by atoms with Crippen molar-refractivity contribution in [2.75, 3.05) is 6.61 Å². The van der Waals surface area contributed by atoms with E-state index in [-0.39, 0.29) is 11.5 Å². The highest BCUT2D eigenvalue weighted by Gasteiger charge is 2.11. The van der Waals surface area contributed by atoms with E-state index in [2.05, 4.69) is 22.5 Å². The molecule has 1 amide bonds. The Morgan fingerprint density at radius 2 is 1.63 bits per heavy atom. The van der Waals surface area contributed by atoms with E-state index in [1.807, 2.05) is 30.3 Å². The Balaban J connectivity index is 1.43. The lowest BCUT2D eigenvalue weighted by molar-refractivity contribution is 0.0955. The Hall–Kier alpha value is -3.61. The summed E-state index contributed by atoms with van der Waals surface area (Å²) in [6, 6.07) is 16.3. The monoisotopic (exact) mass is 476 g/mol. The molecule has 35 heavy (non-hydrogen) atoms.